The van der Waals surface area contributed by atoms with E-state index < -0.39 is 0 Å². The van der Waals surface area contributed by atoms with Crippen molar-refractivity contribution in [1.29, 1.82) is 0 Å². The van der Waals surface area contributed by atoms with Crippen LogP contribution in [0.5, 0.6) is 0 Å². The topological polar surface area (TPSA) is 37.4 Å². The Morgan fingerprint density at radius 2 is 1.86 bits per heavy atom. The van der Waals surface area contributed by atoms with Crippen LogP contribution in [0.2, 0.25) is 0 Å². The Bertz CT molecular complexity index is 471. The zero-order chi connectivity index (χ0) is 15.6. The largest absolute Gasteiger partial charge is 0.372 e. The van der Waals surface area contributed by atoms with Crippen molar-refractivity contribution in [2.45, 2.75) is 65.8 Å². The van der Waals surface area contributed by atoms with Crippen molar-refractivity contribution < 1.29 is 4.74 Å². The molecule has 4 heteroatoms. The highest BCUT2D eigenvalue weighted by molar-refractivity contribution is 5.42. The maximum absolute atomic E-state index is 5.79. The van der Waals surface area contributed by atoms with Crippen LogP contribution < -0.4 is 10.2 Å². The van der Waals surface area contributed by atoms with E-state index in [4.69, 9.17) is 9.72 Å². The van der Waals surface area contributed by atoms with Gasteiger partial charge in [0.1, 0.15) is 5.82 Å². The molecule has 1 aliphatic rings. The second-order valence-electron chi connectivity index (χ2n) is 7.18. The lowest BCUT2D eigenvalue weighted by atomic mass is 10.1. The lowest BCUT2D eigenvalue weighted by Crippen LogP contribution is -2.45. The number of morpholine rings is 1. The lowest BCUT2D eigenvalue weighted by molar-refractivity contribution is -0.00546. The van der Waals surface area contributed by atoms with Crippen molar-refractivity contribution in [3.63, 3.8) is 0 Å². The van der Waals surface area contributed by atoms with Crippen molar-refractivity contribution >= 4 is 5.82 Å². The summed E-state index contributed by atoms with van der Waals surface area (Å²) in [5, 5.41) is 3.52. The fourth-order valence-electron chi connectivity index (χ4n) is 2.66. The van der Waals surface area contributed by atoms with E-state index in [0.717, 1.165) is 31.1 Å². The summed E-state index contributed by atoms with van der Waals surface area (Å²) in [7, 11) is 0. The van der Waals surface area contributed by atoms with Crippen molar-refractivity contribution in [2.24, 2.45) is 0 Å². The molecule has 0 amide bonds. The number of anilines is 1. The van der Waals surface area contributed by atoms with Gasteiger partial charge in [-0.25, -0.2) is 4.98 Å². The molecule has 0 spiro atoms. The predicted octanol–water partition coefficient (Wildman–Crippen LogP) is 2.89. The first kappa shape index (κ1) is 16.2. The number of hydrogen-bond donors (Lipinski definition) is 1. The highest BCUT2D eigenvalue weighted by Gasteiger charge is 2.23. The van der Waals surface area contributed by atoms with Gasteiger partial charge >= 0.3 is 0 Å². The molecule has 0 bridgehead atoms. The summed E-state index contributed by atoms with van der Waals surface area (Å²) in [6.07, 6.45) is 0.524. The molecule has 2 rings (SSSR count). The van der Waals surface area contributed by atoms with Crippen LogP contribution in [0.1, 0.15) is 45.9 Å². The number of aromatic nitrogens is 1. The third-order valence-corrected chi connectivity index (χ3v) is 3.73. The van der Waals surface area contributed by atoms with E-state index in [1.807, 2.05) is 0 Å². The van der Waals surface area contributed by atoms with Gasteiger partial charge in [-0.05, 0) is 53.2 Å². The molecule has 0 radical (unpaired) electrons. The molecule has 0 aromatic carbocycles. The zero-order valence-corrected chi connectivity index (χ0v) is 14.2. The number of ether oxygens (including phenoxy) is 1. The van der Waals surface area contributed by atoms with Gasteiger partial charge in [0.25, 0.3) is 0 Å². The van der Waals surface area contributed by atoms with Gasteiger partial charge in [-0.1, -0.05) is 6.07 Å². The van der Waals surface area contributed by atoms with Crippen LogP contribution >= 0.6 is 0 Å². The molecule has 1 fully saturated rings. The summed E-state index contributed by atoms with van der Waals surface area (Å²) in [6.45, 7) is 15.6. The second kappa shape index (κ2) is 6.32. The first-order valence-electron chi connectivity index (χ1n) is 7.86. The standard InChI is InChI=1S/C17H29N3O/c1-12-10-20(11-13(2)21-12)16-8-7-15(14(3)19-16)9-18-17(4,5)6/h7-8,12-13,18H,9-11H2,1-6H3/t12-,13+. The Balaban J connectivity index is 2.08. The average Bonchev–Trinajstić information content (AvgIpc) is 2.35. The van der Waals surface area contributed by atoms with E-state index in [0.29, 0.717) is 0 Å². The SMILES string of the molecule is Cc1nc(N2C[C@@H](C)O[C@@H](C)C2)ccc1CNC(C)(C)C. The molecular weight excluding hydrogens is 262 g/mol. The van der Waals surface area contributed by atoms with Gasteiger partial charge in [-0.2, -0.15) is 0 Å². The minimum Gasteiger partial charge on any atom is -0.372 e. The highest BCUT2D eigenvalue weighted by Crippen LogP contribution is 2.20. The maximum Gasteiger partial charge on any atom is 0.128 e. The Morgan fingerprint density at radius 3 is 2.38 bits per heavy atom. The number of nitrogens with one attached hydrogen (secondary N) is 1. The Hall–Kier alpha value is -1.13. The van der Waals surface area contributed by atoms with E-state index in [9.17, 15) is 0 Å². The van der Waals surface area contributed by atoms with Crippen molar-refractivity contribution in [2.75, 3.05) is 18.0 Å². The number of pyridine rings is 1. The summed E-state index contributed by atoms with van der Waals surface area (Å²) < 4.78 is 5.79. The Morgan fingerprint density at radius 1 is 1.24 bits per heavy atom. The molecule has 118 valence electrons. The van der Waals surface area contributed by atoms with Gasteiger partial charge in [0.2, 0.25) is 0 Å². The summed E-state index contributed by atoms with van der Waals surface area (Å²) >= 11 is 0. The summed E-state index contributed by atoms with van der Waals surface area (Å²) in [6, 6.07) is 4.33. The van der Waals surface area contributed by atoms with Crippen molar-refractivity contribution in [1.82, 2.24) is 10.3 Å². The van der Waals surface area contributed by atoms with E-state index in [1.54, 1.807) is 0 Å². The number of hydrogen-bond acceptors (Lipinski definition) is 4. The fourth-order valence-corrected chi connectivity index (χ4v) is 2.66. The van der Waals surface area contributed by atoms with E-state index >= 15 is 0 Å². The molecule has 1 aliphatic heterocycles. The number of aryl methyl sites for hydroxylation is 1. The Kier molecular flexibility index (Phi) is 4.89. The quantitative estimate of drug-likeness (QED) is 0.929. The molecule has 0 saturated carbocycles. The first-order valence-corrected chi connectivity index (χ1v) is 7.86. The van der Waals surface area contributed by atoms with E-state index in [2.05, 4.69) is 63.9 Å². The zero-order valence-electron chi connectivity index (χ0n) is 14.2. The first-order chi connectivity index (χ1) is 9.74. The van der Waals surface area contributed by atoms with Gasteiger partial charge in [-0.15, -0.1) is 0 Å². The van der Waals surface area contributed by atoms with E-state index in [1.165, 1.54) is 5.56 Å². The van der Waals surface area contributed by atoms with Crippen molar-refractivity contribution in [3.8, 4) is 0 Å². The molecule has 21 heavy (non-hydrogen) atoms. The van der Waals surface area contributed by atoms with Gasteiger partial charge < -0.3 is 15.0 Å². The van der Waals surface area contributed by atoms with Crippen LogP contribution in [0.4, 0.5) is 5.82 Å². The normalized spacial score (nSPS) is 23.4. The van der Waals surface area contributed by atoms with Crippen LogP contribution in [-0.4, -0.2) is 35.8 Å². The number of nitrogens with zero attached hydrogens (tertiary/aromatic N) is 2. The smallest absolute Gasteiger partial charge is 0.128 e. The average molecular weight is 291 g/mol. The van der Waals surface area contributed by atoms with Crippen molar-refractivity contribution in [3.05, 3.63) is 23.4 Å². The summed E-state index contributed by atoms with van der Waals surface area (Å²) in [5.74, 6) is 1.06. The molecular formula is C17H29N3O. The van der Waals surface area contributed by atoms with Crippen LogP contribution in [0, 0.1) is 6.92 Å². The summed E-state index contributed by atoms with van der Waals surface area (Å²) in [5.41, 5.74) is 2.50. The maximum atomic E-state index is 5.79. The molecule has 4 nitrogen and oxygen atoms in total. The lowest BCUT2D eigenvalue weighted by Gasteiger charge is -2.36. The molecule has 0 aliphatic carbocycles. The number of rotatable bonds is 3. The molecule has 1 aromatic rings. The molecule has 1 aromatic heterocycles. The van der Waals surface area contributed by atoms with Crippen LogP contribution in [-0.2, 0) is 11.3 Å². The van der Waals surface area contributed by atoms with Gasteiger partial charge in [-0.3, -0.25) is 0 Å². The molecule has 1 saturated heterocycles. The van der Waals surface area contributed by atoms with E-state index in [-0.39, 0.29) is 17.7 Å². The predicted molar refractivity (Wildman–Crippen MR) is 87.8 cm³/mol. The van der Waals surface area contributed by atoms with Crippen LogP contribution in [0.3, 0.4) is 0 Å². The van der Waals surface area contributed by atoms with Crippen LogP contribution in [0.25, 0.3) is 0 Å². The monoisotopic (exact) mass is 291 g/mol. The molecule has 2 atom stereocenters. The van der Waals surface area contributed by atoms with Gasteiger partial charge in [0.15, 0.2) is 0 Å². The Labute approximate surface area is 128 Å². The van der Waals surface area contributed by atoms with Gasteiger partial charge in [0, 0.05) is 30.9 Å². The van der Waals surface area contributed by atoms with Gasteiger partial charge in [0.05, 0.1) is 12.2 Å². The third kappa shape index (κ3) is 4.68. The van der Waals surface area contributed by atoms with Crippen LogP contribution in [0.15, 0.2) is 12.1 Å². The molecule has 2 heterocycles. The minimum atomic E-state index is 0.125. The molecule has 0 unspecified atom stereocenters. The fraction of sp³-hybridized carbons (Fsp3) is 0.706. The second-order valence-corrected chi connectivity index (χ2v) is 7.18. The minimum absolute atomic E-state index is 0.125. The highest BCUT2D eigenvalue weighted by atomic mass is 16.5. The third-order valence-electron chi connectivity index (χ3n) is 3.73. The summed E-state index contributed by atoms with van der Waals surface area (Å²) in [4.78, 5) is 7.12. The molecule has 1 N–H and O–H groups in total.